The fourth-order valence-corrected chi connectivity index (χ4v) is 3.33. The van der Waals surface area contributed by atoms with Gasteiger partial charge >= 0.3 is 0 Å². The van der Waals surface area contributed by atoms with E-state index in [4.69, 9.17) is 4.42 Å². The number of furan rings is 1. The molecule has 0 radical (unpaired) electrons. The van der Waals surface area contributed by atoms with Gasteiger partial charge in [0.15, 0.2) is 17.3 Å². The molecule has 0 amide bonds. The van der Waals surface area contributed by atoms with E-state index in [1.165, 1.54) is 6.07 Å². The van der Waals surface area contributed by atoms with Crippen LogP contribution in [0.15, 0.2) is 40.8 Å². The van der Waals surface area contributed by atoms with Crippen LogP contribution in [0.25, 0.3) is 11.0 Å². The Hall–Kier alpha value is -2.02. The number of halogens is 1. The van der Waals surface area contributed by atoms with Crippen molar-refractivity contribution in [3.05, 3.63) is 56.9 Å². The Labute approximate surface area is 153 Å². The van der Waals surface area contributed by atoms with Gasteiger partial charge in [-0.15, -0.1) is 0 Å². The molecule has 0 aliphatic carbocycles. The van der Waals surface area contributed by atoms with Gasteiger partial charge in [0.25, 0.3) is 0 Å². The molecule has 3 aromatic rings. The van der Waals surface area contributed by atoms with Gasteiger partial charge in [-0.25, -0.2) is 0 Å². The molecule has 3 rings (SSSR count). The Morgan fingerprint density at radius 1 is 1.21 bits per heavy atom. The number of rotatable bonds is 5. The SMILES string of the molecule is CCCCc1oc2ccccc2c1C(=O)c1cc(O)c(O)c(I)c1. The van der Waals surface area contributed by atoms with E-state index < -0.39 is 0 Å². The van der Waals surface area contributed by atoms with Gasteiger partial charge < -0.3 is 14.6 Å². The number of hydrogen-bond donors (Lipinski definition) is 2. The zero-order valence-corrected chi connectivity index (χ0v) is 15.3. The molecule has 2 aromatic carbocycles. The van der Waals surface area contributed by atoms with Crippen LogP contribution in [0.3, 0.4) is 0 Å². The summed E-state index contributed by atoms with van der Waals surface area (Å²) in [5.41, 5.74) is 1.56. The summed E-state index contributed by atoms with van der Waals surface area (Å²) in [6, 6.07) is 10.3. The number of carbonyl (C=O) groups is 1. The Morgan fingerprint density at radius 3 is 2.67 bits per heavy atom. The molecule has 1 aromatic heterocycles. The summed E-state index contributed by atoms with van der Waals surface area (Å²) in [5.74, 6) is -0.0477. The van der Waals surface area contributed by atoms with Crippen molar-refractivity contribution in [1.29, 1.82) is 0 Å². The van der Waals surface area contributed by atoms with E-state index in [2.05, 4.69) is 6.92 Å². The summed E-state index contributed by atoms with van der Waals surface area (Å²) in [4.78, 5) is 13.1. The molecule has 24 heavy (non-hydrogen) atoms. The van der Waals surface area contributed by atoms with Crippen molar-refractivity contribution in [2.75, 3.05) is 0 Å². The fraction of sp³-hybridized carbons (Fsp3) is 0.211. The lowest BCUT2D eigenvalue weighted by Gasteiger charge is -2.06. The molecule has 0 saturated carbocycles. The molecular formula is C19H17IO4. The van der Waals surface area contributed by atoms with E-state index in [0.29, 0.717) is 32.5 Å². The van der Waals surface area contributed by atoms with Crippen LogP contribution in [0.2, 0.25) is 0 Å². The van der Waals surface area contributed by atoms with Crippen molar-refractivity contribution in [3.63, 3.8) is 0 Å². The number of unbranched alkanes of at least 4 members (excludes halogenated alkanes) is 1. The highest BCUT2D eigenvalue weighted by atomic mass is 127. The van der Waals surface area contributed by atoms with Crippen LogP contribution in [-0.4, -0.2) is 16.0 Å². The molecule has 0 fully saturated rings. The van der Waals surface area contributed by atoms with Crippen LogP contribution in [-0.2, 0) is 6.42 Å². The van der Waals surface area contributed by atoms with Crippen LogP contribution in [0.1, 0.15) is 41.4 Å². The van der Waals surface area contributed by atoms with Gasteiger partial charge in [0.05, 0.1) is 9.13 Å². The molecule has 5 heteroatoms. The van der Waals surface area contributed by atoms with Crippen molar-refractivity contribution in [2.45, 2.75) is 26.2 Å². The third-order valence-electron chi connectivity index (χ3n) is 3.96. The third kappa shape index (κ3) is 3.00. The molecule has 0 aliphatic rings. The second-order valence-electron chi connectivity index (χ2n) is 5.65. The van der Waals surface area contributed by atoms with E-state index in [0.717, 1.165) is 18.2 Å². The first kappa shape index (κ1) is 16.8. The summed E-state index contributed by atoms with van der Waals surface area (Å²) in [6.07, 6.45) is 2.62. The second kappa shape index (κ2) is 6.84. The molecule has 0 unspecified atom stereocenters. The van der Waals surface area contributed by atoms with Gasteiger partial charge in [-0.2, -0.15) is 0 Å². The van der Waals surface area contributed by atoms with Crippen LogP contribution in [0, 0.1) is 3.57 Å². The van der Waals surface area contributed by atoms with Crippen molar-refractivity contribution in [1.82, 2.24) is 0 Å². The molecule has 0 aliphatic heterocycles. The first-order valence-corrected chi connectivity index (χ1v) is 8.87. The summed E-state index contributed by atoms with van der Waals surface area (Å²) in [7, 11) is 0. The summed E-state index contributed by atoms with van der Waals surface area (Å²) < 4.78 is 6.32. The number of aryl methyl sites for hydroxylation is 1. The quantitative estimate of drug-likeness (QED) is 0.335. The van der Waals surface area contributed by atoms with Crippen LogP contribution < -0.4 is 0 Å². The molecule has 1 heterocycles. The molecule has 0 bridgehead atoms. The first-order valence-electron chi connectivity index (χ1n) is 7.79. The van der Waals surface area contributed by atoms with Gasteiger partial charge in [-0.3, -0.25) is 4.79 Å². The lowest BCUT2D eigenvalue weighted by Crippen LogP contribution is -2.04. The van der Waals surface area contributed by atoms with Crippen LogP contribution in [0.4, 0.5) is 0 Å². The van der Waals surface area contributed by atoms with Crippen molar-refractivity contribution >= 4 is 39.3 Å². The summed E-state index contributed by atoms with van der Waals surface area (Å²) >= 11 is 1.89. The zero-order valence-electron chi connectivity index (χ0n) is 13.2. The standard InChI is InChI=1S/C19H17IO4/c1-2-3-7-16-17(12-6-4-5-8-15(12)24-16)18(22)11-9-13(20)19(23)14(21)10-11/h4-6,8-10,21,23H,2-3,7H2,1H3. The van der Waals surface area contributed by atoms with Gasteiger partial charge in [0.2, 0.25) is 0 Å². The zero-order chi connectivity index (χ0) is 17.3. The van der Waals surface area contributed by atoms with Crippen molar-refractivity contribution < 1.29 is 19.4 Å². The maximum absolute atomic E-state index is 13.1. The number of phenols is 2. The largest absolute Gasteiger partial charge is 0.504 e. The Morgan fingerprint density at radius 2 is 1.96 bits per heavy atom. The number of benzene rings is 2. The fourth-order valence-electron chi connectivity index (χ4n) is 2.72. The monoisotopic (exact) mass is 436 g/mol. The molecular weight excluding hydrogens is 419 g/mol. The highest BCUT2D eigenvalue weighted by Crippen LogP contribution is 2.34. The van der Waals surface area contributed by atoms with E-state index in [-0.39, 0.29) is 17.3 Å². The minimum Gasteiger partial charge on any atom is -0.504 e. The van der Waals surface area contributed by atoms with Gasteiger partial charge in [-0.05, 0) is 47.2 Å². The predicted octanol–water partition coefficient (Wildman–Crippen LogP) is 5.02. The lowest BCUT2D eigenvalue weighted by molar-refractivity contribution is 0.103. The van der Waals surface area contributed by atoms with Gasteiger partial charge in [0, 0.05) is 17.4 Å². The normalized spacial score (nSPS) is 11.1. The topological polar surface area (TPSA) is 70.7 Å². The van der Waals surface area contributed by atoms with Crippen molar-refractivity contribution in [3.8, 4) is 11.5 Å². The van der Waals surface area contributed by atoms with E-state index in [1.807, 2.05) is 46.9 Å². The van der Waals surface area contributed by atoms with E-state index in [1.54, 1.807) is 6.07 Å². The second-order valence-corrected chi connectivity index (χ2v) is 6.82. The van der Waals surface area contributed by atoms with Crippen LogP contribution >= 0.6 is 22.6 Å². The third-order valence-corrected chi connectivity index (χ3v) is 4.78. The van der Waals surface area contributed by atoms with Gasteiger partial charge in [0.1, 0.15) is 11.3 Å². The predicted molar refractivity (Wildman–Crippen MR) is 101 cm³/mol. The molecule has 0 spiro atoms. The molecule has 2 N–H and O–H groups in total. The number of phenolic OH excluding ortho intramolecular Hbond substituents is 2. The summed E-state index contributed by atoms with van der Waals surface area (Å²) in [5, 5.41) is 20.3. The Balaban J connectivity index is 2.15. The number of para-hydroxylation sites is 1. The number of carbonyl (C=O) groups excluding carboxylic acids is 1. The highest BCUT2D eigenvalue weighted by Gasteiger charge is 2.23. The molecule has 124 valence electrons. The van der Waals surface area contributed by atoms with Gasteiger partial charge in [-0.1, -0.05) is 31.5 Å². The maximum atomic E-state index is 13.1. The Kier molecular flexibility index (Phi) is 4.80. The van der Waals surface area contributed by atoms with E-state index >= 15 is 0 Å². The smallest absolute Gasteiger partial charge is 0.197 e. The average molecular weight is 436 g/mol. The number of fused-ring (bicyclic) bond motifs is 1. The van der Waals surface area contributed by atoms with Crippen LogP contribution in [0.5, 0.6) is 11.5 Å². The number of hydrogen-bond acceptors (Lipinski definition) is 4. The molecule has 0 atom stereocenters. The maximum Gasteiger partial charge on any atom is 0.197 e. The molecule has 4 nitrogen and oxygen atoms in total. The minimum atomic E-state index is -0.298. The minimum absolute atomic E-state index is 0.209. The highest BCUT2D eigenvalue weighted by molar-refractivity contribution is 14.1. The van der Waals surface area contributed by atoms with Crippen molar-refractivity contribution in [2.24, 2.45) is 0 Å². The average Bonchev–Trinajstić information content (AvgIpc) is 2.95. The lowest BCUT2D eigenvalue weighted by atomic mass is 9.98. The van der Waals surface area contributed by atoms with E-state index in [9.17, 15) is 15.0 Å². The number of ketones is 1. The number of aromatic hydroxyl groups is 2. The molecule has 0 saturated heterocycles. The first-order chi connectivity index (χ1) is 11.5. The Bertz CT molecular complexity index is 888. The summed E-state index contributed by atoms with van der Waals surface area (Å²) in [6.45, 7) is 2.09.